The molecule has 24 heavy (non-hydrogen) atoms. The molecule has 0 saturated carbocycles. The first kappa shape index (κ1) is 16.7. The van der Waals surface area contributed by atoms with E-state index in [0.717, 1.165) is 17.0 Å². The highest BCUT2D eigenvalue weighted by Crippen LogP contribution is 2.26. The fourth-order valence-electron chi connectivity index (χ4n) is 2.98. The Kier molecular flexibility index (Phi) is 5.00. The molecule has 2 atom stereocenters. The minimum absolute atomic E-state index is 0.0168. The first-order chi connectivity index (χ1) is 11.6. The summed E-state index contributed by atoms with van der Waals surface area (Å²) in [6.45, 7) is 4.53. The van der Waals surface area contributed by atoms with E-state index in [2.05, 4.69) is 12.2 Å². The molecule has 126 valence electrons. The largest absolute Gasteiger partial charge is 0.348 e. The Labute approximate surface area is 146 Å². The molecule has 3 rings (SSSR count). The average Bonchev–Trinajstić information content (AvgIpc) is 3.24. The van der Waals surface area contributed by atoms with Gasteiger partial charge >= 0.3 is 0 Å². The van der Waals surface area contributed by atoms with Crippen LogP contribution in [-0.2, 0) is 16.0 Å². The van der Waals surface area contributed by atoms with Crippen LogP contribution >= 0.6 is 11.3 Å². The molecule has 1 N–H and O–H groups in total. The number of nitrogens with zero attached hydrogens (tertiary/aromatic N) is 1. The lowest BCUT2D eigenvalue weighted by molar-refractivity contribution is -0.126. The molecule has 2 aromatic rings. The van der Waals surface area contributed by atoms with Crippen LogP contribution < -0.4 is 10.2 Å². The van der Waals surface area contributed by atoms with Crippen molar-refractivity contribution in [1.82, 2.24) is 5.32 Å². The quantitative estimate of drug-likeness (QED) is 0.903. The summed E-state index contributed by atoms with van der Waals surface area (Å²) in [4.78, 5) is 27.6. The zero-order valence-electron chi connectivity index (χ0n) is 14.0. The molecule has 1 aromatic heterocycles. The number of rotatable bonds is 5. The summed E-state index contributed by atoms with van der Waals surface area (Å²) in [5.74, 6) is -0.314. The van der Waals surface area contributed by atoms with Crippen LogP contribution in [0.4, 0.5) is 5.69 Å². The average molecular weight is 342 g/mol. The van der Waals surface area contributed by atoms with Crippen molar-refractivity contribution in [3.05, 3.63) is 52.2 Å². The van der Waals surface area contributed by atoms with Gasteiger partial charge in [-0.1, -0.05) is 25.1 Å². The van der Waals surface area contributed by atoms with Gasteiger partial charge in [-0.05, 0) is 42.5 Å². The second-order valence-corrected chi connectivity index (χ2v) is 7.15. The number of benzene rings is 1. The maximum absolute atomic E-state index is 12.5. The van der Waals surface area contributed by atoms with E-state index in [0.29, 0.717) is 6.54 Å². The normalized spacial score (nSPS) is 18.7. The summed E-state index contributed by atoms with van der Waals surface area (Å²) in [6.07, 6.45) is 1.25. The molecule has 1 saturated heterocycles. The van der Waals surface area contributed by atoms with Gasteiger partial charge in [0.1, 0.15) is 0 Å². The molecule has 2 unspecified atom stereocenters. The number of aryl methyl sites for hydroxylation is 1. The molecular weight excluding hydrogens is 320 g/mol. The molecule has 4 nitrogen and oxygen atoms in total. The van der Waals surface area contributed by atoms with Gasteiger partial charge in [0.05, 0.1) is 12.0 Å². The van der Waals surface area contributed by atoms with Gasteiger partial charge in [0, 0.05) is 23.5 Å². The summed E-state index contributed by atoms with van der Waals surface area (Å²) in [5, 5.41) is 5.03. The molecule has 0 bridgehead atoms. The third-order valence-electron chi connectivity index (χ3n) is 4.48. The second kappa shape index (κ2) is 7.18. The lowest BCUT2D eigenvalue weighted by atomic mass is 10.1. The van der Waals surface area contributed by atoms with Crippen LogP contribution in [0, 0.1) is 5.92 Å². The lowest BCUT2D eigenvalue weighted by Crippen LogP contribution is -2.34. The first-order valence-electron chi connectivity index (χ1n) is 8.31. The van der Waals surface area contributed by atoms with E-state index in [-0.39, 0.29) is 30.2 Å². The number of hydrogen-bond donors (Lipinski definition) is 1. The Balaban J connectivity index is 1.64. The van der Waals surface area contributed by atoms with Crippen LogP contribution in [0.15, 0.2) is 41.8 Å². The Bertz CT molecular complexity index is 709. The van der Waals surface area contributed by atoms with Crippen LogP contribution in [-0.4, -0.2) is 18.4 Å². The Morgan fingerprint density at radius 1 is 1.33 bits per heavy atom. The SMILES string of the molecule is CCc1ccc(N2CC(C(=O)NC(C)c3cccs3)CC2=O)cc1. The van der Waals surface area contributed by atoms with Crippen molar-refractivity contribution in [1.29, 1.82) is 0 Å². The summed E-state index contributed by atoms with van der Waals surface area (Å²) in [6, 6.07) is 12.0. The summed E-state index contributed by atoms with van der Waals surface area (Å²) in [7, 11) is 0. The molecule has 1 fully saturated rings. The van der Waals surface area contributed by atoms with Crippen molar-refractivity contribution in [2.24, 2.45) is 5.92 Å². The van der Waals surface area contributed by atoms with E-state index < -0.39 is 0 Å². The number of carbonyl (C=O) groups is 2. The van der Waals surface area contributed by atoms with Crippen LogP contribution in [0.5, 0.6) is 0 Å². The minimum Gasteiger partial charge on any atom is -0.348 e. The molecular formula is C19H22N2O2S. The van der Waals surface area contributed by atoms with E-state index in [9.17, 15) is 9.59 Å². The van der Waals surface area contributed by atoms with Crippen LogP contribution in [0.1, 0.15) is 36.8 Å². The fourth-order valence-corrected chi connectivity index (χ4v) is 3.72. The number of nitrogens with one attached hydrogen (secondary N) is 1. The highest BCUT2D eigenvalue weighted by atomic mass is 32.1. The van der Waals surface area contributed by atoms with Crippen molar-refractivity contribution >= 4 is 28.8 Å². The Morgan fingerprint density at radius 2 is 2.08 bits per heavy atom. The van der Waals surface area contributed by atoms with Crippen LogP contribution in [0.3, 0.4) is 0 Å². The lowest BCUT2D eigenvalue weighted by Gasteiger charge is -2.18. The van der Waals surface area contributed by atoms with Crippen molar-refractivity contribution in [2.45, 2.75) is 32.7 Å². The molecule has 1 aliphatic rings. The maximum atomic E-state index is 12.5. The smallest absolute Gasteiger partial charge is 0.227 e. The summed E-state index contributed by atoms with van der Waals surface area (Å²) in [5.41, 5.74) is 2.11. The van der Waals surface area contributed by atoms with E-state index in [4.69, 9.17) is 0 Å². The molecule has 0 aliphatic carbocycles. The van der Waals surface area contributed by atoms with Gasteiger partial charge in [0.2, 0.25) is 11.8 Å². The number of hydrogen-bond acceptors (Lipinski definition) is 3. The monoisotopic (exact) mass is 342 g/mol. The number of thiophene rings is 1. The molecule has 1 aliphatic heterocycles. The van der Waals surface area contributed by atoms with E-state index >= 15 is 0 Å². The maximum Gasteiger partial charge on any atom is 0.227 e. The van der Waals surface area contributed by atoms with Crippen LogP contribution in [0.25, 0.3) is 0 Å². The van der Waals surface area contributed by atoms with Gasteiger partial charge in [-0.2, -0.15) is 0 Å². The first-order valence-corrected chi connectivity index (χ1v) is 9.19. The fraction of sp³-hybridized carbons (Fsp3) is 0.368. The predicted octanol–water partition coefficient (Wildman–Crippen LogP) is 3.54. The van der Waals surface area contributed by atoms with Crippen molar-refractivity contribution < 1.29 is 9.59 Å². The van der Waals surface area contributed by atoms with E-state index in [1.165, 1.54) is 5.56 Å². The third kappa shape index (κ3) is 3.51. The number of carbonyl (C=O) groups excluding carboxylic acids is 2. The molecule has 0 radical (unpaired) electrons. The third-order valence-corrected chi connectivity index (χ3v) is 5.54. The van der Waals surface area contributed by atoms with Gasteiger partial charge in [0.25, 0.3) is 0 Å². The topological polar surface area (TPSA) is 49.4 Å². The number of amides is 2. The molecule has 0 spiro atoms. The van der Waals surface area contributed by atoms with Gasteiger partial charge in [-0.25, -0.2) is 0 Å². The molecule has 5 heteroatoms. The molecule has 1 aromatic carbocycles. The zero-order chi connectivity index (χ0) is 17.1. The predicted molar refractivity (Wildman–Crippen MR) is 97.2 cm³/mol. The van der Waals surface area contributed by atoms with Crippen molar-refractivity contribution in [3.63, 3.8) is 0 Å². The second-order valence-electron chi connectivity index (χ2n) is 6.17. The van der Waals surface area contributed by atoms with Gasteiger partial charge in [-0.3, -0.25) is 9.59 Å². The molecule has 2 heterocycles. The van der Waals surface area contributed by atoms with E-state index in [1.807, 2.05) is 48.7 Å². The highest BCUT2D eigenvalue weighted by Gasteiger charge is 2.35. The van der Waals surface area contributed by atoms with Gasteiger partial charge in [-0.15, -0.1) is 11.3 Å². The number of anilines is 1. The van der Waals surface area contributed by atoms with E-state index in [1.54, 1.807) is 16.2 Å². The van der Waals surface area contributed by atoms with Crippen LogP contribution in [0.2, 0.25) is 0 Å². The standard InChI is InChI=1S/C19H22N2O2S/c1-3-14-6-8-16(9-7-14)21-12-15(11-18(21)22)19(23)20-13(2)17-5-4-10-24-17/h4-10,13,15H,3,11-12H2,1-2H3,(H,20,23). The minimum atomic E-state index is -0.286. The Morgan fingerprint density at radius 3 is 2.71 bits per heavy atom. The summed E-state index contributed by atoms with van der Waals surface area (Å²) < 4.78 is 0. The van der Waals surface area contributed by atoms with Gasteiger partial charge in [0.15, 0.2) is 0 Å². The Hall–Kier alpha value is -2.14. The molecule has 2 amide bonds. The van der Waals surface area contributed by atoms with Gasteiger partial charge < -0.3 is 10.2 Å². The summed E-state index contributed by atoms with van der Waals surface area (Å²) >= 11 is 1.62. The zero-order valence-corrected chi connectivity index (χ0v) is 14.8. The van der Waals surface area contributed by atoms with Crippen molar-refractivity contribution in [2.75, 3.05) is 11.4 Å². The van der Waals surface area contributed by atoms with Crippen molar-refractivity contribution in [3.8, 4) is 0 Å². The highest BCUT2D eigenvalue weighted by molar-refractivity contribution is 7.10.